The van der Waals surface area contributed by atoms with E-state index in [-0.39, 0.29) is 34.6 Å². The third-order valence-electron chi connectivity index (χ3n) is 8.66. The van der Waals surface area contributed by atoms with Gasteiger partial charge in [0, 0.05) is 42.9 Å². The number of aromatic nitrogens is 2. The van der Waals surface area contributed by atoms with Crippen LogP contribution in [0.5, 0.6) is 5.75 Å². The number of phenolic OH excluding ortho intramolecular Hbond substituents is 1. The van der Waals surface area contributed by atoms with Crippen LogP contribution in [0.25, 0.3) is 5.57 Å². The Morgan fingerprint density at radius 1 is 1.49 bits per heavy atom. The SMILES string of the molecule is Cn1c(C[C@H](N)C(=O)O)cnc1S[C@H]1[C@H]2C(=O)C=C3S[C@H]4C[C@]31c1c(c(O)c3c5c1=[N+]2CCC=5C=N3)N4. The largest absolute Gasteiger partial charge is 0.504 e. The third-order valence-corrected chi connectivity index (χ3v) is 11.5. The molecule has 1 saturated heterocycles. The number of fused-ring (bicyclic) bond motifs is 3. The fraction of sp³-hybridized carbons (Fsp3) is 0.400. The van der Waals surface area contributed by atoms with E-state index in [0.29, 0.717) is 12.2 Å². The average Bonchev–Trinajstić information content (AvgIpc) is 3.52. The number of aliphatic carboxylic acids is 1. The van der Waals surface area contributed by atoms with Gasteiger partial charge in [-0.05, 0) is 18.1 Å². The van der Waals surface area contributed by atoms with Crippen molar-refractivity contribution in [3.05, 3.63) is 39.0 Å². The predicted molar refractivity (Wildman–Crippen MR) is 140 cm³/mol. The van der Waals surface area contributed by atoms with Gasteiger partial charge in [-0.25, -0.2) is 9.56 Å². The van der Waals surface area contributed by atoms with Crippen molar-refractivity contribution in [1.29, 1.82) is 0 Å². The van der Waals surface area contributed by atoms with Crippen molar-refractivity contribution in [2.45, 2.75) is 52.5 Å². The Kier molecular flexibility index (Phi) is 4.19. The maximum absolute atomic E-state index is 13.8. The number of benzene rings is 1. The number of carbonyl (C=O) groups is 2. The molecule has 0 amide bonds. The van der Waals surface area contributed by atoms with E-state index in [1.54, 1.807) is 29.7 Å². The molecule has 5 atom stereocenters. The lowest BCUT2D eigenvalue weighted by Gasteiger charge is -2.47. The number of rotatable bonds is 5. The smallest absolute Gasteiger partial charge is 0.320 e. The molecule has 8 rings (SSSR count). The number of carbonyl (C=O) groups excluding carboxylic acids is 1. The van der Waals surface area contributed by atoms with Gasteiger partial charge in [-0.1, -0.05) is 11.8 Å². The molecular weight excluding hydrogens is 512 g/mol. The van der Waals surface area contributed by atoms with Crippen LogP contribution in [0.3, 0.4) is 0 Å². The Morgan fingerprint density at radius 3 is 3.14 bits per heavy atom. The predicted octanol–water partition coefficient (Wildman–Crippen LogP) is -0.0225. The van der Waals surface area contributed by atoms with Gasteiger partial charge in [0.05, 0.1) is 32.5 Å². The van der Waals surface area contributed by atoms with Gasteiger partial charge < -0.3 is 25.8 Å². The molecule has 188 valence electrons. The first-order valence-corrected chi connectivity index (χ1v) is 14.0. The van der Waals surface area contributed by atoms with E-state index in [1.165, 1.54) is 0 Å². The Bertz CT molecular complexity index is 1690. The fourth-order valence-corrected chi connectivity index (χ4v) is 10.2. The lowest BCUT2D eigenvalue weighted by molar-refractivity contribution is -0.138. The molecule has 2 aromatic rings. The summed E-state index contributed by atoms with van der Waals surface area (Å²) in [5.41, 5.74) is 9.62. The zero-order valence-corrected chi connectivity index (χ0v) is 21.4. The summed E-state index contributed by atoms with van der Waals surface area (Å²) in [6, 6.07) is -1.38. The highest BCUT2D eigenvalue weighted by Crippen LogP contribution is 2.65. The van der Waals surface area contributed by atoms with E-state index in [0.717, 1.165) is 56.0 Å². The summed E-state index contributed by atoms with van der Waals surface area (Å²) in [5.74, 6) is -0.771. The maximum Gasteiger partial charge on any atom is 0.320 e. The summed E-state index contributed by atoms with van der Waals surface area (Å²) in [6.45, 7) is 0.702. The quantitative estimate of drug-likeness (QED) is 0.306. The highest BCUT2D eigenvalue weighted by molar-refractivity contribution is 8.04. The van der Waals surface area contributed by atoms with Crippen LogP contribution in [0.15, 0.2) is 27.3 Å². The minimum atomic E-state index is -1.05. The molecule has 3 bridgehead atoms. The van der Waals surface area contributed by atoms with Gasteiger partial charge in [0.1, 0.15) is 18.3 Å². The first kappa shape index (κ1) is 21.9. The number of allylic oxidation sites excluding steroid dienone is 1. The lowest BCUT2D eigenvalue weighted by Crippen LogP contribution is -2.69. The standard InChI is InChI=1S/C25H22N6O4S2/c1-30-10(4-11(26)23(34)35)8-28-24(30)37-22-19-12(32)5-13-25(22)6-14(36-13)29-18-16(25)20-15-9(2-3-31(19)20)7-27-17(15)21(18)33/h5,7-8,11,14,19,22H,2-4,6,26H2,1H3,(H2,27,29,33,34,35)/p+1/t11-,14-,19+,22-,25+/m0/s1. The summed E-state index contributed by atoms with van der Waals surface area (Å²) in [7, 11) is 1.87. The molecule has 1 aromatic carbocycles. The van der Waals surface area contributed by atoms with E-state index >= 15 is 0 Å². The molecule has 1 aliphatic carbocycles. The van der Waals surface area contributed by atoms with Crippen molar-refractivity contribution in [2.75, 3.05) is 11.9 Å². The van der Waals surface area contributed by atoms with Gasteiger partial charge >= 0.3 is 5.97 Å². The number of hydrogen-bond donors (Lipinski definition) is 4. The molecule has 0 unspecified atom stereocenters. The van der Waals surface area contributed by atoms with Crippen LogP contribution in [0.1, 0.15) is 24.1 Å². The van der Waals surface area contributed by atoms with Crippen LogP contribution in [-0.2, 0) is 28.5 Å². The fourth-order valence-electron chi connectivity index (χ4n) is 7.02. The summed E-state index contributed by atoms with van der Waals surface area (Å²) in [5, 5.41) is 26.8. The van der Waals surface area contributed by atoms with Gasteiger partial charge in [0.25, 0.3) is 0 Å². The molecule has 5 N–H and O–H groups in total. The number of aliphatic imine (C=N–C) groups is 1. The highest BCUT2D eigenvalue weighted by Gasteiger charge is 2.67. The Hall–Kier alpha value is -3.09. The second-order valence-corrected chi connectivity index (χ2v) is 12.8. The Balaban J connectivity index is 1.35. The minimum Gasteiger partial charge on any atom is -0.504 e. The van der Waals surface area contributed by atoms with Crippen LogP contribution >= 0.6 is 23.5 Å². The number of ketones is 1. The summed E-state index contributed by atoms with van der Waals surface area (Å²) in [4.78, 5) is 35.4. The van der Waals surface area contributed by atoms with Crippen molar-refractivity contribution in [2.24, 2.45) is 17.8 Å². The van der Waals surface area contributed by atoms with E-state index in [9.17, 15) is 19.8 Å². The molecule has 1 spiro atoms. The van der Waals surface area contributed by atoms with Crippen molar-refractivity contribution in [3.8, 4) is 5.75 Å². The van der Waals surface area contributed by atoms with Crippen LogP contribution < -0.4 is 26.2 Å². The van der Waals surface area contributed by atoms with Crippen molar-refractivity contribution in [3.63, 3.8) is 0 Å². The van der Waals surface area contributed by atoms with Gasteiger partial charge in [0.15, 0.2) is 10.9 Å². The van der Waals surface area contributed by atoms with Gasteiger partial charge in [-0.3, -0.25) is 14.6 Å². The number of hydrogen-bond acceptors (Lipinski definition) is 9. The Labute approximate surface area is 219 Å². The molecule has 6 aliphatic rings. The Morgan fingerprint density at radius 2 is 2.32 bits per heavy atom. The minimum absolute atomic E-state index is 0.0408. The zero-order valence-electron chi connectivity index (χ0n) is 19.8. The maximum atomic E-state index is 13.8. The molecule has 37 heavy (non-hydrogen) atoms. The number of carboxylic acid groups (broad SMARTS) is 1. The van der Waals surface area contributed by atoms with Crippen LogP contribution in [0.4, 0.5) is 11.4 Å². The number of nitrogens with two attached hydrogens (primary N) is 1. The van der Waals surface area contributed by atoms with Crippen molar-refractivity contribution < 1.29 is 19.8 Å². The first-order valence-electron chi connectivity index (χ1n) is 12.2. The van der Waals surface area contributed by atoms with E-state index in [2.05, 4.69) is 19.9 Å². The summed E-state index contributed by atoms with van der Waals surface area (Å²) in [6.07, 6.45) is 7.12. The number of nitrogens with one attached hydrogen (secondary N) is 1. The number of imidazole rings is 1. The monoisotopic (exact) mass is 535 g/mol. The number of phenols is 1. The molecular formula is C25H23N6O4S2+. The highest BCUT2D eigenvalue weighted by atomic mass is 32.2. The van der Waals surface area contributed by atoms with E-state index < -0.39 is 17.4 Å². The normalized spacial score (nSPS) is 29.9. The number of aromatic hydroxyl groups is 1. The second kappa shape index (κ2) is 7.06. The van der Waals surface area contributed by atoms with Crippen LogP contribution in [0.2, 0.25) is 0 Å². The molecule has 0 radical (unpaired) electrons. The molecule has 0 saturated carbocycles. The number of anilines is 1. The molecule has 1 fully saturated rings. The lowest BCUT2D eigenvalue weighted by atomic mass is 9.64. The molecule has 1 aromatic heterocycles. The first-order chi connectivity index (χ1) is 17.8. The summed E-state index contributed by atoms with van der Waals surface area (Å²) < 4.78 is 4.13. The van der Waals surface area contributed by atoms with E-state index in [1.807, 2.05) is 23.9 Å². The molecule has 12 heteroatoms. The van der Waals surface area contributed by atoms with Gasteiger partial charge in [-0.2, -0.15) is 0 Å². The van der Waals surface area contributed by atoms with Crippen LogP contribution in [-0.4, -0.2) is 67.0 Å². The zero-order chi connectivity index (χ0) is 25.4. The third kappa shape index (κ3) is 2.56. The van der Waals surface area contributed by atoms with Gasteiger partial charge in [0.2, 0.25) is 17.2 Å². The number of carboxylic acids is 1. The van der Waals surface area contributed by atoms with Crippen molar-refractivity contribution in [1.82, 2.24) is 14.1 Å². The molecule has 10 nitrogen and oxygen atoms in total. The number of thioether (sulfide) groups is 2. The second-order valence-electron chi connectivity index (χ2n) is 10.5. The molecule has 6 heterocycles. The van der Waals surface area contributed by atoms with Gasteiger partial charge in [-0.15, -0.1) is 11.8 Å². The summed E-state index contributed by atoms with van der Waals surface area (Å²) >= 11 is 3.26. The topological polar surface area (TPSA) is 146 Å². The molecule has 5 aliphatic heterocycles. The average molecular weight is 536 g/mol. The van der Waals surface area contributed by atoms with Crippen molar-refractivity contribution >= 4 is 58.4 Å². The van der Waals surface area contributed by atoms with E-state index in [4.69, 9.17) is 5.73 Å². The number of nitrogens with zero attached hydrogens (tertiary/aromatic N) is 4. The van der Waals surface area contributed by atoms with Crippen LogP contribution in [0, 0.1) is 0 Å².